The summed E-state index contributed by atoms with van der Waals surface area (Å²) < 4.78 is 8.31. The van der Waals surface area contributed by atoms with Crippen molar-refractivity contribution in [3.63, 3.8) is 0 Å². The van der Waals surface area contributed by atoms with Crippen molar-refractivity contribution in [1.82, 2.24) is 0 Å². The zero-order chi connectivity index (χ0) is 27.3. The Morgan fingerprint density at radius 1 is 0.897 bits per heavy atom. The van der Waals surface area contributed by atoms with Gasteiger partial charge in [-0.2, -0.15) is 0 Å². The minimum atomic E-state index is -1.36. The molecule has 8 rings (SSSR count). The summed E-state index contributed by atoms with van der Waals surface area (Å²) in [6.07, 6.45) is 2.01. The van der Waals surface area contributed by atoms with Gasteiger partial charge in [-0.05, 0) is 89.2 Å². The van der Waals surface area contributed by atoms with E-state index in [0.717, 1.165) is 0 Å². The van der Waals surface area contributed by atoms with Crippen LogP contribution in [0, 0.1) is 13.8 Å². The largest absolute Gasteiger partial charge is 0.361 e. The van der Waals surface area contributed by atoms with Crippen molar-refractivity contribution in [3.05, 3.63) is 94.0 Å². The van der Waals surface area contributed by atoms with E-state index in [-0.39, 0.29) is 17.4 Å². The number of rotatable bonds is 1. The maximum Gasteiger partial charge on any atom is 0.281 e. The van der Waals surface area contributed by atoms with Gasteiger partial charge in [0.1, 0.15) is 11.1 Å². The van der Waals surface area contributed by atoms with E-state index in [2.05, 4.69) is 107 Å². The van der Waals surface area contributed by atoms with E-state index in [4.69, 9.17) is 9.73 Å². The third-order valence-electron chi connectivity index (χ3n) is 11.3. The van der Waals surface area contributed by atoms with E-state index in [1.54, 1.807) is 7.11 Å². The summed E-state index contributed by atoms with van der Waals surface area (Å²) in [5, 5.41) is 17.3. The third kappa shape index (κ3) is 2.30. The average molecular weight is 516 g/mol. The summed E-state index contributed by atoms with van der Waals surface area (Å²) in [4.78, 5) is 5.27. The van der Waals surface area contributed by atoms with Crippen LogP contribution in [0.25, 0.3) is 21.5 Å². The Hall–Kier alpha value is -3.34. The molecule has 4 aliphatic rings. The van der Waals surface area contributed by atoms with Gasteiger partial charge in [0.05, 0.1) is 5.92 Å². The van der Waals surface area contributed by atoms with Crippen LogP contribution in [-0.4, -0.2) is 46.2 Å². The number of aliphatic hydroxyl groups is 1. The molecule has 0 amide bonds. The highest BCUT2D eigenvalue weighted by Crippen LogP contribution is 2.72. The van der Waals surface area contributed by atoms with E-state index in [9.17, 15) is 5.11 Å². The number of ether oxygens (including phenoxy) is 1. The number of fused-ring (bicyclic) bond motifs is 12. The maximum absolute atomic E-state index is 12.2. The van der Waals surface area contributed by atoms with Gasteiger partial charge < -0.3 is 9.84 Å². The second-order valence-electron chi connectivity index (χ2n) is 13.1. The molecule has 4 aromatic rings. The lowest BCUT2D eigenvalue weighted by atomic mass is 9.73. The Labute approximate surface area is 229 Å². The molecule has 2 heterocycles. The van der Waals surface area contributed by atoms with Crippen LogP contribution >= 0.6 is 0 Å². The van der Waals surface area contributed by atoms with Crippen molar-refractivity contribution in [1.29, 1.82) is 0 Å². The van der Waals surface area contributed by atoms with Gasteiger partial charge in [0.2, 0.25) is 5.79 Å². The molecule has 4 heteroatoms. The molecule has 0 radical (unpaired) electrons. The molecule has 0 bridgehead atoms. The van der Waals surface area contributed by atoms with Crippen LogP contribution in [-0.2, 0) is 15.6 Å². The van der Waals surface area contributed by atoms with E-state index in [0.29, 0.717) is 0 Å². The topological polar surface area (TPSA) is 44.8 Å². The predicted molar refractivity (Wildman–Crippen MR) is 158 cm³/mol. The quantitative estimate of drug-likeness (QED) is 0.240. The SMILES string of the molecule is COC1(O)C2(C)c3c(cc(C)c4c(C)cccc34)C3=[N+](C=NC4C3c3cc5ccccc5cc3C4(C)C)C12C. The standard InChI is InChI=1S/C35H35N2O2/c1-19-11-10-14-23-27(19)20(2)15-25-29(23)33(5)34(6,35(33,38)39-7)37-18-36-31-28(30(25)37)24-16-21-12-8-9-13-22(21)17-26(24)32(31,3)4/h8-18,28,31,38H,1-7H3/q+1. The zero-order valence-electron chi connectivity index (χ0n) is 23.8. The number of hydrogen-bond donors (Lipinski definition) is 1. The van der Waals surface area contributed by atoms with Crippen molar-refractivity contribution in [2.75, 3.05) is 7.11 Å². The number of benzene rings is 4. The summed E-state index contributed by atoms with van der Waals surface area (Å²) in [5.41, 5.74) is 7.44. The molecule has 196 valence electrons. The number of aryl methyl sites for hydroxylation is 2. The summed E-state index contributed by atoms with van der Waals surface area (Å²) in [5.74, 6) is -1.28. The maximum atomic E-state index is 12.2. The fourth-order valence-corrected chi connectivity index (χ4v) is 9.08. The molecule has 1 N–H and O–H groups in total. The fourth-order valence-electron chi connectivity index (χ4n) is 9.08. The molecule has 1 saturated carbocycles. The van der Waals surface area contributed by atoms with Crippen molar-refractivity contribution in [2.45, 2.75) is 75.7 Å². The highest BCUT2D eigenvalue weighted by atomic mass is 16.6. The summed E-state index contributed by atoms with van der Waals surface area (Å²) in [7, 11) is 1.64. The van der Waals surface area contributed by atoms with Gasteiger partial charge in [-0.15, -0.1) is 0 Å². The Balaban J connectivity index is 1.52. The normalized spacial score (nSPS) is 33.0. The molecule has 0 saturated heterocycles. The number of hydrogen-bond acceptors (Lipinski definition) is 3. The van der Waals surface area contributed by atoms with Crippen LogP contribution in [0.1, 0.15) is 67.0 Å². The highest BCUT2D eigenvalue weighted by Gasteiger charge is 2.92. The summed E-state index contributed by atoms with van der Waals surface area (Å²) in [6, 6.07) is 22.4. The first-order valence-electron chi connectivity index (χ1n) is 14.1. The van der Waals surface area contributed by atoms with Crippen LogP contribution in [0.2, 0.25) is 0 Å². The van der Waals surface area contributed by atoms with Crippen LogP contribution in [0.5, 0.6) is 0 Å². The first kappa shape index (κ1) is 23.5. The lowest BCUT2D eigenvalue weighted by Crippen LogP contribution is -2.50. The zero-order valence-corrected chi connectivity index (χ0v) is 23.8. The number of nitrogens with zero attached hydrogens (tertiary/aromatic N) is 2. The van der Waals surface area contributed by atoms with Crippen molar-refractivity contribution < 1.29 is 14.4 Å². The molecule has 0 spiro atoms. The lowest BCUT2D eigenvalue weighted by molar-refractivity contribution is -0.490. The lowest BCUT2D eigenvalue weighted by Gasteiger charge is -2.35. The van der Waals surface area contributed by atoms with Gasteiger partial charge in [-0.3, -0.25) is 0 Å². The second kappa shape index (κ2) is 6.86. The van der Waals surface area contributed by atoms with Gasteiger partial charge in [0, 0.05) is 18.1 Å². The van der Waals surface area contributed by atoms with Crippen LogP contribution in [0.4, 0.5) is 0 Å². The van der Waals surface area contributed by atoms with Gasteiger partial charge in [0.15, 0.2) is 11.6 Å². The third-order valence-corrected chi connectivity index (χ3v) is 11.3. The number of methoxy groups -OCH3 is 1. The minimum absolute atomic E-state index is 0.0688. The molecule has 1 fully saturated rings. The molecule has 4 aromatic carbocycles. The minimum Gasteiger partial charge on any atom is -0.361 e. The van der Waals surface area contributed by atoms with E-state index in [1.165, 1.54) is 60.6 Å². The van der Waals surface area contributed by atoms with E-state index in [1.807, 2.05) is 6.34 Å². The first-order valence-corrected chi connectivity index (χ1v) is 14.1. The van der Waals surface area contributed by atoms with Gasteiger partial charge in [0.25, 0.3) is 6.34 Å². The molecule has 39 heavy (non-hydrogen) atoms. The van der Waals surface area contributed by atoms with Crippen molar-refractivity contribution in [3.8, 4) is 0 Å². The summed E-state index contributed by atoms with van der Waals surface area (Å²) >= 11 is 0. The van der Waals surface area contributed by atoms with E-state index >= 15 is 0 Å². The molecule has 5 unspecified atom stereocenters. The van der Waals surface area contributed by atoms with Crippen molar-refractivity contribution in [2.24, 2.45) is 4.99 Å². The first-order chi connectivity index (χ1) is 18.5. The average Bonchev–Trinajstić information content (AvgIpc) is 3.21. The summed E-state index contributed by atoms with van der Waals surface area (Å²) in [6.45, 7) is 13.4. The fraction of sp³-hybridized carbons (Fsp3) is 0.371. The van der Waals surface area contributed by atoms with Crippen LogP contribution < -0.4 is 0 Å². The second-order valence-corrected chi connectivity index (χ2v) is 13.1. The Morgan fingerprint density at radius 3 is 2.33 bits per heavy atom. The van der Waals surface area contributed by atoms with Crippen molar-refractivity contribution >= 4 is 33.6 Å². The van der Waals surface area contributed by atoms with E-state index < -0.39 is 16.7 Å². The molecular weight excluding hydrogens is 480 g/mol. The highest BCUT2D eigenvalue weighted by molar-refractivity contribution is 6.13. The smallest absolute Gasteiger partial charge is 0.281 e. The molecule has 5 atom stereocenters. The molecular formula is C35H35N2O2+. The Morgan fingerprint density at radius 2 is 1.62 bits per heavy atom. The monoisotopic (exact) mass is 515 g/mol. The molecule has 4 nitrogen and oxygen atoms in total. The Kier molecular flexibility index (Phi) is 4.14. The number of aliphatic imine (C=N–C) groups is 1. The Bertz CT molecular complexity index is 1870. The van der Waals surface area contributed by atoms with Crippen LogP contribution in [0.15, 0.2) is 65.7 Å². The van der Waals surface area contributed by atoms with Gasteiger partial charge in [-0.1, -0.05) is 67.4 Å². The van der Waals surface area contributed by atoms with Gasteiger partial charge in [-0.25, -0.2) is 4.58 Å². The van der Waals surface area contributed by atoms with Gasteiger partial charge >= 0.3 is 0 Å². The van der Waals surface area contributed by atoms with Crippen LogP contribution in [0.3, 0.4) is 0 Å². The molecule has 2 aliphatic carbocycles. The molecule has 0 aromatic heterocycles. The molecule has 2 aliphatic heterocycles. The predicted octanol–water partition coefficient (Wildman–Crippen LogP) is 6.28.